The maximum absolute atomic E-state index is 9.81. The minimum absolute atomic E-state index is 0.202. The quantitative estimate of drug-likeness (QED) is 0.710. The molecule has 0 radical (unpaired) electrons. The molecule has 110 valence electrons. The minimum Gasteiger partial charge on any atom is -0.389 e. The maximum Gasteiger partial charge on any atom is 0.0897 e. The van der Waals surface area contributed by atoms with Crippen molar-refractivity contribution in [1.29, 1.82) is 0 Å². The fourth-order valence-electron chi connectivity index (χ4n) is 2.01. The van der Waals surface area contributed by atoms with Gasteiger partial charge in [0.1, 0.15) is 0 Å². The molecule has 1 aromatic heterocycles. The molecule has 0 aromatic carbocycles. The molecule has 19 heavy (non-hydrogen) atoms. The molecule has 0 saturated carbocycles. The molecule has 2 atom stereocenters. The summed E-state index contributed by atoms with van der Waals surface area (Å²) in [6, 6.07) is 0. The minimum atomic E-state index is -0.466. The van der Waals surface area contributed by atoms with Crippen molar-refractivity contribution >= 4 is 0 Å². The third-order valence-electron chi connectivity index (χ3n) is 2.84. The van der Waals surface area contributed by atoms with E-state index in [4.69, 9.17) is 4.74 Å². The topological polar surface area (TPSA) is 59.3 Å². The third-order valence-corrected chi connectivity index (χ3v) is 2.84. The first-order valence-electron chi connectivity index (χ1n) is 6.95. The molecule has 5 nitrogen and oxygen atoms in total. The molecule has 0 aliphatic rings. The van der Waals surface area contributed by atoms with Crippen LogP contribution in [0.1, 0.15) is 32.8 Å². The van der Waals surface area contributed by atoms with Crippen molar-refractivity contribution in [3.05, 3.63) is 18.0 Å². The van der Waals surface area contributed by atoms with Crippen molar-refractivity contribution in [2.24, 2.45) is 13.0 Å². The van der Waals surface area contributed by atoms with E-state index >= 15 is 0 Å². The smallest absolute Gasteiger partial charge is 0.0897 e. The number of rotatable bonds is 9. The lowest BCUT2D eigenvalue weighted by Gasteiger charge is -2.18. The fourth-order valence-corrected chi connectivity index (χ4v) is 2.01. The molecule has 5 heteroatoms. The van der Waals surface area contributed by atoms with Crippen molar-refractivity contribution < 1.29 is 9.84 Å². The van der Waals surface area contributed by atoms with Crippen LogP contribution in [0.4, 0.5) is 0 Å². The van der Waals surface area contributed by atoms with E-state index in [1.807, 2.05) is 19.4 Å². The first-order chi connectivity index (χ1) is 8.97. The Kier molecular flexibility index (Phi) is 7.05. The van der Waals surface area contributed by atoms with Gasteiger partial charge in [-0.3, -0.25) is 4.68 Å². The molecule has 2 unspecified atom stereocenters. The lowest BCUT2D eigenvalue weighted by Crippen LogP contribution is -2.31. The Morgan fingerprint density at radius 1 is 1.42 bits per heavy atom. The molecule has 2 N–H and O–H groups in total. The Morgan fingerprint density at radius 2 is 2.16 bits per heavy atom. The van der Waals surface area contributed by atoms with E-state index in [0.29, 0.717) is 25.6 Å². The summed E-state index contributed by atoms with van der Waals surface area (Å²) in [6.45, 7) is 8.02. The van der Waals surface area contributed by atoms with E-state index in [-0.39, 0.29) is 6.10 Å². The van der Waals surface area contributed by atoms with Crippen molar-refractivity contribution in [3.8, 4) is 0 Å². The van der Waals surface area contributed by atoms with Crippen molar-refractivity contribution in [3.63, 3.8) is 0 Å². The monoisotopic (exact) mass is 269 g/mol. The van der Waals surface area contributed by atoms with Gasteiger partial charge < -0.3 is 15.2 Å². The number of ether oxygens (including phenoxy) is 1. The average Bonchev–Trinajstić information content (AvgIpc) is 2.71. The number of aliphatic hydroxyl groups excluding tert-OH is 1. The first kappa shape index (κ1) is 16.1. The van der Waals surface area contributed by atoms with Crippen molar-refractivity contribution in [2.45, 2.75) is 45.9 Å². The zero-order valence-corrected chi connectivity index (χ0v) is 12.5. The van der Waals surface area contributed by atoms with Gasteiger partial charge in [-0.25, -0.2) is 0 Å². The Bertz CT molecular complexity index is 352. The van der Waals surface area contributed by atoms with E-state index in [0.717, 1.165) is 12.0 Å². The highest BCUT2D eigenvalue weighted by Gasteiger charge is 2.09. The molecular weight excluding hydrogens is 242 g/mol. The Morgan fingerprint density at radius 3 is 2.74 bits per heavy atom. The summed E-state index contributed by atoms with van der Waals surface area (Å²) in [5, 5.41) is 17.1. The van der Waals surface area contributed by atoms with Crippen LogP contribution < -0.4 is 5.32 Å². The second kappa shape index (κ2) is 8.30. The summed E-state index contributed by atoms with van der Waals surface area (Å²) in [5.41, 5.74) is 1.11. The predicted molar refractivity (Wildman–Crippen MR) is 75.8 cm³/mol. The zero-order valence-electron chi connectivity index (χ0n) is 12.5. The number of aliphatic hydroxyl groups is 1. The van der Waals surface area contributed by atoms with E-state index in [2.05, 4.69) is 31.2 Å². The number of aromatic nitrogens is 2. The second-order valence-electron chi connectivity index (χ2n) is 5.58. The van der Waals surface area contributed by atoms with E-state index < -0.39 is 6.10 Å². The molecule has 0 amide bonds. The fraction of sp³-hybridized carbons (Fsp3) is 0.786. The van der Waals surface area contributed by atoms with Gasteiger partial charge in [-0.15, -0.1) is 0 Å². The number of nitrogens with one attached hydrogen (secondary N) is 1. The normalized spacial score (nSPS) is 14.8. The van der Waals surface area contributed by atoms with E-state index in [1.165, 1.54) is 0 Å². The lowest BCUT2D eigenvalue weighted by atomic mass is 10.1. The largest absolute Gasteiger partial charge is 0.389 e. The van der Waals surface area contributed by atoms with Crippen LogP contribution in [-0.2, 0) is 18.3 Å². The lowest BCUT2D eigenvalue weighted by molar-refractivity contribution is -0.00857. The number of hydrogen-bond donors (Lipinski definition) is 2. The molecule has 0 saturated heterocycles. The first-order valence-corrected chi connectivity index (χ1v) is 6.95. The van der Waals surface area contributed by atoms with Crippen molar-refractivity contribution in [2.75, 3.05) is 13.2 Å². The second-order valence-corrected chi connectivity index (χ2v) is 5.58. The highest BCUT2D eigenvalue weighted by molar-refractivity contribution is 5.02. The number of aryl methyl sites for hydroxylation is 1. The van der Waals surface area contributed by atoms with Gasteiger partial charge in [-0.1, -0.05) is 13.8 Å². The van der Waals surface area contributed by atoms with Crippen LogP contribution in [-0.4, -0.2) is 40.2 Å². The molecule has 0 fully saturated rings. The van der Waals surface area contributed by atoms with Gasteiger partial charge in [0.15, 0.2) is 0 Å². The van der Waals surface area contributed by atoms with E-state index in [1.54, 1.807) is 4.68 Å². The highest BCUT2D eigenvalue weighted by atomic mass is 16.5. The third kappa shape index (κ3) is 7.30. The Balaban J connectivity index is 2.09. The molecule has 0 bridgehead atoms. The van der Waals surface area contributed by atoms with Crippen LogP contribution >= 0.6 is 0 Å². The van der Waals surface area contributed by atoms with Crippen LogP contribution in [0.2, 0.25) is 0 Å². The molecule has 1 aromatic rings. The average molecular weight is 269 g/mol. The summed E-state index contributed by atoms with van der Waals surface area (Å²) >= 11 is 0. The van der Waals surface area contributed by atoms with Crippen molar-refractivity contribution in [1.82, 2.24) is 15.1 Å². The van der Waals surface area contributed by atoms with Gasteiger partial charge in [0.25, 0.3) is 0 Å². The van der Waals surface area contributed by atoms with Gasteiger partial charge in [0.05, 0.1) is 25.0 Å². The summed E-state index contributed by atoms with van der Waals surface area (Å²) in [4.78, 5) is 0. The zero-order chi connectivity index (χ0) is 14.3. The Hall–Kier alpha value is -0.910. The summed E-state index contributed by atoms with van der Waals surface area (Å²) in [7, 11) is 1.89. The summed E-state index contributed by atoms with van der Waals surface area (Å²) in [6.07, 6.45) is 4.54. The predicted octanol–water partition coefficient (Wildman–Crippen LogP) is 1.32. The SMILES string of the molecule is CC(C)CC(C)OCC(O)CNCc1cnn(C)c1. The van der Waals surface area contributed by atoms with Crippen LogP contribution in [0, 0.1) is 5.92 Å². The van der Waals surface area contributed by atoms with Gasteiger partial charge in [0.2, 0.25) is 0 Å². The molecule has 0 aliphatic carbocycles. The van der Waals surface area contributed by atoms with E-state index in [9.17, 15) is 5.11 Å². The molecule has 1 rings (SSSR count). The number of nitrogens with zero attached hydrogens (tertiary/aromatic N) is 2. The standard InChI is InChI=1S/C14H27N3O2/c1-11(2)5-12(3)19-10-14(18)8-15-6-13-7-16-17(4)9-13/h7,9,11-12,14-15,18H,5-6,8,10H2,1-4H3. The number of hydrogen-bond acceptors (Lipinski definition) is 4. The van der Waals surface area contributed by atoms with Crippen LogP contribution in [0.5, 0.6) is 0 Å². The maximum atomic E-state index is 9.81. The summed E-state index contributed by atoms with van der Waals surface area (Å²) in [5.74, 6) is 0.621. The molecular formula is C14H27N3O2. The van der Waals surface area contributed by atoms with Crippen LogP contribution in [0.3, 0.4) is 0 Å². The Labute approximate surface area is 116 Å². The van der Waals surface area contributed by atoms with Gasteiger partial charge in [-0.2, -0.15) is 5.10 Å². The highest BCUT2D eigenvalue weighted by Crippen LogP contribution is 2.07. The van der Waals surface area contributed by atoms with Gasteiger partial charge in [0, 0.05) is 31.9 Å². The van der Waals surface area contributed by atoms with Crippen LogP contribution in [0.15, 0.2) is 12.4 Å². The summed E-state index contributed by atoms with van der Waals surface area (Å²) < 4.78 is 7.38. The van der Waals surface area contributed by atoms with Gasteiger partial charge in [-0.05, 0) is 19.3 Å². The van der Waals surface area contributed by atoms with Crippen LogP contribution in [0.25, 0.3) is 0 Å². The van der Waals surface area contributed by atoms with Gasteiger partial charge >= 0.3 is 0 Å². The molecule has 0 aliphatic heterocycles. The molecule has 0 spiro atoms. The molecule has 1 heterocycles.